The van der Waals surface area contributed by atoms with Gasteiger partial charge in [-0.15, -0.1) is 0 Å². The van der Waals surface area contributed by atoms with Crippen molar-refractivity contribution in [2.24, 2.45) is 7.05 Å². The Balaban J connectivity index is 2.10. The molecule has 0 saturated carbocycles. The Morgan fingerprint density at radius 2 is 2.10 bits per heavy atom. The first-order chi connectivity index (χ1) is 10.0. The average Bonchev–Trinajstić information content (AvgIpc) is 2.90. The van der Waals surface area contributed by atoms with E-state index in [4.69, 9.17) is 5.10 Å². The van der Waals surface area contributed by atoms with Gasteiger partial charge in [-0.05, 0) is 42.6 Å². The van der Waals surface area contributed by atoms with E-state index in [0.717, 1.165) is 47.5 Å². The number of halogens is 1. The van der Waals surface area contributed by atoms with Gasteiger partial charge in [-0.3, -0.25) is 4.68 Å². The highest BCUT2D eigenvalue weighted by Gasteiger charge is 2.29. The van der Waals surface area contributed by atoms with Crippen LogP contribution in [0.25, 0.3) is 0 Å². The molecule has 3 heterocycles. The number of fused-ring (bicyclic) bond motifs is 1. The summed E-state index contributed by atoms with van der Waals surface area (Å²) in [7, 11) is 2.01. The lowest BCUT2D eigenvalue weighted by molar-refractivity contribution is 0.473. The Hall–Kier alpha value is -1.30. The quantitative estimate of drug-likeness (QED) is 0.922. The molecule has 2 aromatic heterocycles. The van der Waals surface area contributed by atoms with Crippen molar-refractivity contribution < 1.29 is 0 Å². The Morgan fingerprint density at radius 1 is 1.33 bits per heavy atom. The van der Waals surface area contributed by atoms with Crippen LogP contribution in [-0.4, -0.2) is 26.1 Å². The molecule has 0 spiro atoms. The monoisotopic (exact) mass is 351 g/mol. The van der Waals surface area contributed by atoms with Crippen LogP contribution in [0.15, 0.2) is 4.47 Å². The molecule has 0 fully saturated rings. The Morgan fingerprint density at radius 3 is 2.71 bits per heavy atom. The van der Waals surface area contributed by atoms with Gasteiger partial charge in [0.05, 0.1) is 21.9 Å². The van der Waals surface area contributed by atoms with Crippen LogP contribution >= 0.6 is 15.9 Å². The maximum Gasteiger partial charge on any atom is 0.139 e. The minimum atomic E-state index is 0.275. The number of aromatic nitrogens is 4. The molecule has 3 rings (SSSR count). The van der Waals surface area contributed by atoms with Crippen molar-refractivity contribution in [2.45, 2.75) is 46.1 Å². The van der Waals surface area contributed by atoms with Crippen LogP contribution in [-0.2, 0) is 13.5 Å². The fourth-order valence-corrected chi connectivity index (χ4v) is 3.83. The molecule has 1 atom stereocenters. The minimum absolute atomic E-state index is 0.275. The highest BCUT2D eigenvalue weighted by molar-refractivity contribution is 9.10. The summed E-state index contributed by atoms with van der Waals surface area (Å²) >= 11 is 3.71. The van der Waals surface area contributed by atoms with Crippen molar-refractivity contribution in [1.82, 2.24) is 19.6 Å². The van der Waals surface area contributed by atoms with Crippen LogP contribution in [0.3, 0.4) is 0 Å². The predicted octanol–water partition coefficient (Wildman–Crippen LogP) is 3.35. The zero-order chi connectivity index (χ0) is 15.1. The van der Waals surface area contributed by atoms with Gasteiger partial charge in [-0.25, -0.2) is 4.68 Å². The first-order valence-electron chi connectivity index (χ1n) is 7.55. The predicted molar refractivity (Wildman–Crippen MR) is 87.8 cm³/mol. The second-order valence-corrected chi connectivity index (χ2v) is 6.54. The third-order valence-corrected chi connectivity index (χ3v) is 5.14. The molecule has 0 aliphatic carbocycles. The van der Waals surface area contributed by atoms with Gasteiger partial charge < -0.3 is 5.32 Å². The molecule has 1 aliphatic rings. The summed E-state index contributed by atoms with van der Waals surface area (Å²) in [6, 6.07) is 0.275. The molecule has 114 valence electrons. The van der Waals surface area contributed by atoms with E-state index in [1.165, 1.54) is 11.3 Å². The van der Waals surface area contributed by atoms with Crippen molar-refractivity contribution in [3.8, 4) is 0 Å². The molecule has 1 unspecified atom stereocenters. The Labute approximate surface area is 133 Å². The van der Waals surface area contributed by atoms with Gasteiger partial charge in [-0.2, -0.15) is 10.2 Å². The summed E-state index contributed by atoms with van der Waals surface area (Å²) in [5.41, 5.74) is 4.80. The van der Waals surface area contributed by atoms with Crippen LogP contribution < -0.4 is 5.32 Å². The molecular weight excluding hydrogens is 330 g/mol. The molecule has 2 aromatic rings. The van der Waals surface area contributed by atoms with Gasteiger partial charge in [0.2, 0.25) is 0 Å². The lowest BCUT2D eigenvalue weighted by Gasteiger charge is -2.26. The molecule has 0 radical (unpaired) electrons. The van der Waals surface area contributed by atoms with Crippen molar-refractivity contribution in [2.75, 3.05) is 11.9 Å². The summed E-state index contributed by atoms with van der Waals surface area (Å²) < 4.78 is 5.24. The topological polar surface area (TPSA) is 47.7 Å². The molecular formula is C15H22BrN5. The standard InChI is InChI=1S/C15H22BrN5/c1-5-6-11-14(16)15-17-8-7-12(21(15)19-11)13-9(2)18-20(4)10(13)3/h12,17H,5-8H2,1-4H3. The number of nitrogens with one attached hydrogen (secondary N) is 1. The molecule has 0 amide bonds. The first-order valence-corrected chi connectivity index (χ1v) is 8.34. The highest BCUT2D eigenvalue weighted by Crippen LogP contribution is 2.38. The number of aryl methyl sites for hydroxylation is 3. The van der Waals surface area contributed by atoms with E-state index in [-0.39, 0.29) is 6.04 Å². The van der Waals surface area contributed by atoms with Crippen LogP contribution in [0, 0.1) is 13.8 Å². The zero-order valence-electron chi connectivity index (χ0n) is 13.1. The van der Waals surface area contributed by atoms with E-state index in [9.17, 15) is 0 Å². The minimum Gasteiger partial charge on any atom is -0.369 e. The van der Waals surface area contributed by atoms with Gasteiger partial charge >= 0.3 is 0 Å². The maximum atomic E-state index is 4.86. The van der Waals surface area contributed by atoms with Crippen molar-refractivity contribution in [3.63, 3.8) is 0 Å². The number of nitrogens with zero attached hydrogens (tertiary/aromatic N) is 4. The molecule has 6 heteroatoms. The van der Waals surface area contributed by atoms with E-state index < -0.39 is 0 Å². The zero-order valence-corrected chi connectivity index (χ0v) is 14.7. The number of hydrogen-bond acceptors (Lipinski definition) is 3. The maximum absolute atomic E-state index is 4.86. The molecule has 0 bridgehead atoms. The Kier molecular flexibility index (Phi) is 3.82. The van der Waals surface area contributed by atoms with Gasteiger partial charge in [0.25, 0.3) is 0 Å². The van der Waals surface area contributed by atoms with Crippen molar-refractivity contribution >= 4 is 21.7 Å². The van der Waals surface area contributed by atoms with Gasteiger partial charge in [-0.1, -0.05) is 13.3 Å². The summed E-state index contributed by atoms with van der Waals surface area (Å²) in [4.78, 5) is 0. The second-order valence-electron chi connectivity index (χ2n) is 5.74. The van der Waals surface area contributed by atoms with Gasteiger partial charge in [0, 0.05) is 24.8 Å². The molecule has 1 N–H and O–H groups in total. The van der Waals surface area contributed by atoms with E-state index in [0.29, 0.717) is 0 Å². The van der Waals surface area contributed by atoms with Crippen molar-refractivity contribution in [3.05, 3.63) is 27.1 Å². The number of hydrogen-bond donors (Lipinski definition) is 1. The molecule has 0 aromatic carbocycles. The fourth-order valence-electron chi connectivity index (χ4n) is 3.23. The van der Waals surface area contributed by atoms with E-state index in [2.05, 4.69) is 51.8 Å². The SMILES string of the molecule is CCCc1nn2c(c1Br)NCCC2c1c(C)nn(C)c1C. The van der Waals surface area contributed by atoms with Gasteiger partial charge in [0.15, 0.2) is 0 Å². The number of anilines is 1. The summed E-state index contributed by atoms with van der Waals surface area (Å²) in [6.07, 6.45) is 3.14. The van der Waals surface area contributed by atoms with Crippen LogP contribution in [0.4, 0.5) is 5.82 Å². The van der Waals surface area contributed by atoms with E-state index in [1.807, 2.05) is 11.7 Å². The largest absolute Gasteiger partial charge is 0.369 e. The fraction of sp³-hybridized carbons (Fsp3) is 0.600. The molecule has 21 heavy (non-hydrogen) atoms. The highest BCUT2D eigenvalue weighted by atomic mass is 79.9. The molecule has 1 aliphatic heterocycles. The Bertz CT molecular complexity index is 670. The normalized spacial score (nSPS) is 17.7. The molecule has 0 saturated heterocycles. The summed E-state index contributed by atoms with van der Waals surface area (Å²) in [6.45, 7) is 7.39. The molecule has 5 nitrogen and oxygen atoms in total. The van der Waals surface area contributed by atoms with Crippen LogP contribution in [0.5, 0.6) is 0 Å². The van der Waals surface area contributed by atoms with E-state index in [1.54, 1.807) is 0 Å². The second kappa shape index (κ2) is 5.48. The summed E-state index contributed by atoms with van der Waals surface area (Å²) in [5.74, 6) is 1.11. The average molecular weight is 352 g/mol. The lowest BCUT2D eigenvalue weighted by Crippen LogP contribution is -2.25. The van der Waals surface area contributed by atoms with E-state index >= 15 is 0 Å². The third-order valence-electron chi connectivity index (χ3n) is 4.31. The number of rotatable bonds is 3. The smallest absolute Gasteiger partial charge is 0.139 e. The third kappa shape index (κ3) is 2.29. The van der Waals surface area contributed by atoms with Gasteiger partial charge in [0.1, 0.15) is 5.82 Å². The van der Waals surface area contributed by atoms with Crippen molar-refractivity contribution in [1.29, 1.82) is 0 Å². The summed E-state index contributed by atoms with van der Waals surface area (Å²) in [5, 5.41) is 12.9. The van der Waals surface area contributed by atoms with Crippen LogP contribution in [0.2, 0.25) is 0 Å². The lowest BCUT2D eigenvalue weighted by atomic mass is 10.0. The first kappa shape index (κ1) is 14.6. The van der Waals surface area contributed by atoms with Crippen LogP contribution in [0.1, 0.15) is 48.5 Å².